The van der Waals surface area contributed by atoms with E-state index >= 15 is 0 Å². The van der Waals surface area contributed by atoms with Crippen molar-refractivity contribution in [3.8, 4) is 5.75 Å². The quantitative estimate of drug-likeness (QED) is 0.917. The predicted molar refractivity (Wildman–Crippen MR) is 77.8 cm³/mol. The second-order valence-electron chi connectivity index (χ2n) is 4.57. The van der Waals surface area contributed by atoms with Crippen molar-refractivity contribution in [3.05, 3.63) is 64.2 Å². The van der Waals surface area contributed by atoms with Crippen LogP contribution >= 0.6 is 11.6 Å². The number of aryl methyl sites for hydroxylation is 1. The van der Waals surface area contributed by atoms with Crippen LogP contribution in [0.15, 0.2) is 42.5 Å². The number of hydrogen-bond acceptors (Lipinski definition) is 2. The zero-order chi connectivity index (χ0) is 13.8. The molecule has 0 spiro atoms. The lowest BCUT2D eigenvalue weighted by Crippen LogP contribution is -2.04. The Hall–Kier alpha value is -1.51. The van der Waals surface area contributed by atoms with Crippen molar-refractivity contribution in [2.24, 2.45) is 0 Å². The van der Waals surface area contributed by atoms with Gasteiger partial charge in [0.15, 0.2) is 0 Å². The van der Waals surface area contributed by atoms with Crippen LogP contribution in [0.1, 0.15) is 22.8 Å². The van der Waals surface area contributed by atoms with Gasteiger partial charge >= 0.3 is 0 Å². The zero-order valence-electron chi connectivity index (χ0n) is 11.1. The van der Waals surface area contributed by atoms with Gasteiger partial charge in [0.25, 0.3) is 0 Å². The van der Waals surface area contributed by atoms with Crippen molar-refractivity contribution in [3.63, 3.8) is 0 Å². The molecule has 0 bridgehead atoms. The Labute approximate surface area is 118 Å². The topological polar surface area (TPSA) is 29.5 Å². The number of methoxy groups -OCH3 is 1. The summed E-state index contributed by atoms with van der Waals surface area (Å²) in [5.74, 6) is 0.799. The average Bonchev–Trinajstić information content (AvgIpc) is 2.41. The molecule has 0 heterocycles. The molecule has 0 aliphatic carbocycles. The van der Waals surface area contributed by atoms with Crippen molar-refractivity contribution in [1.82, 2.24) is 0 Å². The van der Waals surface area contributed by atoms with Gasteiger partial charge in [0.1, 0.15) is 5.75 Å². The summed E-state index contributed by atoms with van der Waals surface area (Å²) in [6.07, 6.45) is -0.0240. The van der Waals surface area contributed by atoms with Gasteiger partial charge in [0.05, 0.1) is 13.2 Å². The second kappa shape index (κ2) is 6.09. The molecule has 1 atom stereocenters. The Morgan fingerprint density at radius 3 is 2.74 bits per heavy atom. The summed E-state index contributed by atoms with van der Waals surface area (Å²) < 4.78 is 5.18. The molecular formula is C16H17ClO2. The highest BCUT2D eigenvalue weighted by Gasteiger charge is 2.12. The number of aliphatic hydroxyl groups excluding tert-OH is 1. The van der Waals surface area contributed by atoms with E-state index in [1.54, 1.807) is 7.11 Å². The number of halogens is 1. The molecule has 0 radical (unpaired) electrons. The molecule has 1 N–H and O–H groups in total. The number of benzene rings is 2. The Kier molecular flexibility index (Phi) is 4.46. The minimum Gasteiger partial charge on any atom is -0.497 e. The van der Waals surface area contributed by atoms with Gasteiger partial charge in [-0.2, -0.15) is 0 Å². The Morgan fingerprint density at radius 1 is 1.21 bits per heavy atom. The van der Waals surface area contributed by atoms with Gasteiger partial charge in [-0.3, -0.25) is 0 Å². The van der Waals surface area contributed by atoms with E-state index in [9.17, 15) is 5.11 Å². The van der Waals surface area contributed by atoms with Crippen LogP contribution in [0.3, 0.4) is 0 Å². The third-order valence-corrected chi connectivity index (χ3v) is 3.40. The molecule has 0 saturated carbocycles. The maximum atomic E-state index is 10.3. The van der Waals surface area contributed by atoms with E-state index in [0.29, 0.717) is 11.4 Å². The zero-order valence-corrected chi connectivity index (χ0v) is 11.8. The van der Waals surface area contributed by atoms with Crippen LogP contribution < -0.4 is 4.74 Å². The maximum Gasteiger partial charge on any atom is 0.119 e. The lowest BCUT2D eigenvalue weighted by Gasteiger charge is -2.14. The van der Waals surface area contributed by atoms with Crippen LogP contribution in [0.25, 0.3) is 0 Å². The molecule has 0 aliphatic rings. The fourth-order valence-electron chi connectivity index (χ4n) is 2.10. The first-order chi connectivity index (χ1) is 9.10. The number of rotatable bonds is 4. The smallest absolute Gasteiger partial charge is 0.119 e. The highest BCUT2D eigenvalue weighted by Crippen LogP contribution is 2.25. The third-order valence-electron chi connectivity index (χ3n) is 3.16. The first-order valence-corrected chi connectivity index (χ1v) is 6.55. The fraction of sp³-hybridized carbons (Fsp3) is 0.250. The molecule has 0 aliphatic heterocycles. The van der Waals surface area contributed by atoms with Gasteiger partial charge < -0.3 is 9.84 Å². The van der Waals surface area contributed by atoms with Gasteiger partial charge in [-0.25, -0.2) is 0 Å². The lowest BCUT2D eigenvalue weighted by molar-refractivity contribution is 0.177. The Morgan fingerprint density at radius 2 is 2.00 bits per heavy atom. The molecule has 2 aromatic rings. The van der Waals surface area contributed by atoms with E-state index < -0.39 is 6.10 Å². The summed E-state index contributed by atoms with van der Waals surface area (Å²) in [5, 5.41) is 11.0. The molecule has 19 heavy (non-hydrogen) atoms. The number of ether oxygens (including phenoxy) is 1. The van der Waals surface area contributed by atoms with Crippen LogP contribution in [0.5, 0.6) is 5.75 Å². The first kappa shape index (κ1) is 13.9. The summed E-state index contributed by atoms with van der Waals surface area (Å²) in [4.78, 5) is 0. The monoisotopic (exact) mass is 276 g/mol. The molecule has 2 rings (SSSR count). The van der Waals surface area contributed by atoms with E-state index in [1.165, 1.54) is 0 Å². The molecular weight excluding hydrogens is 260 g/mol. The minimum absolute atomic E-state index is 0.540. The maximum absolute atomic E-state index is 10.3. The number of aliphatic hydroxyl groups is 1. The summed E-state index contributed by atoms with van der Waals surface area (Å²) in [5.41, 5.74) is 2.95. The summed E-state index contributed by atoms with van der Waals surface area (Å²) >= 11 is 5.98. The fourth-order valence-corrected chi connectivity index (χ4v) is 2.28. The SMILES string of the molecule is COc1cccc(CC(O)c2cc(Cl)ccc2C)c1. The van der Waals surface area contributed by atoms with Crippen molar-refractivity contribution < 1.29 is 9.84 Å². The lowest BCUT2D eigenvalue weighted by atomic mass is 9.98. The van der Waals surface area contributed by atoms with Crippen LogP contribution in [-0.2, 0) is 6.42 Å². The van der Waals surface area contributed by atoms with Crippen LogP contribution in [0.4, 0.5) is 0 Å². The highest BCUT2D eigenvalue weighted by atomic mass is 35.5. The largest absolute Gasteiger partial charge is 0.497 e. The van der Waals surface area contributed by atoms with Crippen molar-refractivity contribution >= 4 is 11.6 Å². The standard InChI is InChI=1S/C16H17ClO2/c1-11-6-7-13(17)10-15(11)16(18)9-12-4-3-5-14(8-12)19-2/h3-8,10,16,18H,9H2,1-2H3. The number of hydrogen-bond donors (Lipinski definition) is 1. The van der Waals surface area contributed by atoms with Crippen molar-refractivity contribution in [1.29, 1.82) is 0 Å². The van der Waals surface area contributed by atoms with Gasteiger partial charge in [0, 0.05) is 11.4 Å². The molecule has 0 aromatic heterocycles. The van der Waals surface area contributed by atoms with Gasteiger partial charge in [-0.05, 0) is 47.9 Å². The normalized spacial score (nSPS) is 12.2. The molecule has 100 valence electrons. The van der Waals surface area contributed by atoms with Gasteiger partial charge in [-0.15, -0.1) is 0 Å². The molecule has 0 fully saturated rings. The van der Waals surface area contributed by atoms with Crippen molar-refractivity contribution in [2.75, 3.05) is 7.11 Å². The molecule has 1 unspecified atom stereocenters. The van der Waals surface area contributed by atoms with Crippen LogP contribution in [0.2, 0.25) is 5.02 Å². The van der Waals surface area contributed by atoms with Gasteiger partial charge in [-0.1, -0.05) is 29.8 Å². The van der Waals surface area contributed by atoms with E-state index in [4.69, 9.17) is 16.3 Å². The van der Waals surface area contributed by atoms with Crippen molar-refractivity contribution in [2.45, 2.75) is 19.4 Å². The highest BCUT2D eigenvalue weighted by molar-refractivity contribution is 6.30. The van der Waals surface area contributed by atoms with E-state index in [2.05, 4.69) is 0 Å². The van der Waals surface area contributed by atoms with E-state index in [0.717, 1.165) is 22.4 Å². The predicted octanol–water partition coefficient (Wildman–Crippen LogP) is 3.93. The van der Waals surface area contributed by atoms with E-state index in [-0.39, 0.29) is 0 Å². The summed E-state index contributed by atoms with van der Waals surface area (Å²) in [6.45, 7) is 1.97. The van der Waals surface area contributed by atoms with Crippen LogP contribution in [0, 0.1) is 6.92 Å². The summed E-state index contributed by atoms with van der Waals surface area (Å²) in [7, 11) is 1.64. The minimum atomic E-state index is -0.564. The Bertz CT molecular complexity index is 566. The summed E-state index contributed by atoms with van der Waals surface area (Å²) in [6, 6.07) is 13.3. The third kappa shape index (κ3) is 3.49. The molecule has 2 nitrogen and oxygen atoms in total. The van der Waals surface area contributed by atoms with Crippen LogP contribution in [-0.4, -0.2) is 12.2 Å². The Balaban J connectivity index is 2.20. The average molecular weight is 277 g/mol. The van der Waals surface area contributed by atoms with E-state index in [1.807, 2.05) is 49.4 Å². The first-order valence-electron chi connectivity index (χ1n) is 6.17. The molecule has 0 saturated heterocycles. The molecule has 3 heteroatoms. The van der Waals surface area contributed by atoms with Gasteiger partial charge in [0.2, 0.25) is 0 Å². The molecule has 0 amide bonds. The second-order valence-corrected chi connectivity index (χ2v) is 5.01. The molecule has 2 aromatic carbocycles.